The van der Waals surface area contributed by atoms with Crippen molar-refractivity contribution in [2.24, 2.45) is 0 Å². The summed E-state index contributed by atoms with van der Waals surface area (Å²) < 4.78 is 47.8. The molecule has 0 aliphatic rings. The number of sulfone groups is 1. The van der Waals surface area contributed by atoms with Gasteiger partial charge < -0.3 is 9.15 Å². The van der Waals surface area contributed by atoms with Gasteiger partial charge in [0.15, 0.2) is 9.84 Å². The van der Waals surface area contributed by atoms with Gasteiger partial charge in [0.1, 0.15) is 18.0 Å². The van der Waals surface area contributed by atoms with Gasteiger partial charge in [-0.05, 0) is 49.2 Å². The molecule has 0 aliphatic heterocycles. The van der Waals surface area contributed by atoms with E-state index in [4.69, 9.17) is 9.15 Å². The highest BCUT2D eigenvalue weighted by molar-refractivity contribution is 7.91. The van der Waals surface area contributed by atoms with Crippen LogP contribution in [0.15, 0.2) is 56.6 Å². The van der Waals surface area contributed by atoms with Crippen molar-refractivity contribution in [2.75, 3.05) is 5.75 Å². The average molecular weight is 418 g/mol. The van der Waals surface area contributed by atoms with Crippen LogP contribution in [0.25, 0.3) is 11.0 Å². The molecule has 1 heterocycles. The molecule has 0 saturated carbocycles. The molecule has 0 fully saturated rings. The molecular weight excluding hydrogens is 399 g/mol. The van der Waals surface area contributed by atoms with E-state index in [0.717, 1.165) is 35.4 Å². The van der Waals surface area contributed by atoms with E-state index >= 15 is 0 Å². The summed E-state index contributed by atoms with van der Waals surface area (Å²) in [7, 11) is -3.74. The van der Waals surface area contributed by atoms with Gasteiger partial charge in [-0.1, -0.05) is 12.1 Å². The molecular formula is C21H19FO6S. The molecule has 0 aliphatic carbocycles. The number of halogens is 1. The Balaban J connectivity index is 1.69. The Hall–Kier alpha value is -3.00. The van der Waals surface area contributed by atoms with Crippen LogP contribution in [0.3, 0.4) is 0 Å². The van der Waals surface area contributed by atoms with Crippen LogP contribution >= 0.6 is 0 Å². The van der Waals surface area contributed by atoms with E-state index in [1.807, 2.05) is 19.9 Å². The summed E-state index contributed by atoms with van der Waals surface area (Å²) in [6, 6.07) is 9.29. The molecule has 3 rings (SSSR count). The topological polar surface area (TPSA) is 90.7 Å². The first-order valence-electron chi connectivity index (χ1n) is 8.84. The van der Waals surface area contributed by atoms with Gasteiger partial charge in [-0.15, -0.1) is 0 Å². The highest BCUT2D eigenvalue weighted by Crippen LogP contribution is 2.24. The minimum atomic E-state index is -3.74. The zero-order chi connectivity index (χ0) is 21.2. The Bertz CT molecular complexity index is 1230. The Kier molecular flexibility index (Phi) is 5.83. The third-order valence-corrected chi connectivity index (χ3v) is 6.39. The second kappa shape index (κ2) is 8.16. The number of carbonyl (C=O) groups is 1. The molecule has 8 heteroatoms. The van der Waals surface area contributed by atoms with Gasteiger partial charge in [0.25, 0.3) is 0 Å². The summed E-state index contributed by atoms with van der Waals surface area (Å²) in [6.07, 6.45) is -0.364. The number of esters is 1. The fraction of sp³-hybridized carbons (Fsp3) is 0.238. The zero-order valence-electron chi connectivity index (χ0n) is 15.9. The molecule has 1 aromatic heterocycles. The lowest BCUT2D eigenvalue weighted by atomic mass is 10.0. The minimum Gasteiger partial charge on any atom is -0.461 e. The van der Waals surface area contributed by atoms with Gasteiger partial charge >= 0.3 is 11.6 Å². The number of hydrogen-bond acceptors (Lipinski definition) is 6. The number of fused-ring (bicyclic) bond motifs is 1. The maximum absolute atomic E-state index is 12.9. The van der Waals surface area contributed by atoms with Gasteiger partial charge in [-0.25, -0.2) is 17.6 Å². The van der Waals surface area contributed by atoms with Crippen molar-refractivity contribution in [2.45, 2.75) is 31.8 Å². The van der Waals surface area contributed by atoms with E-state index in [0.29, 0.717) is 16.5 Å². The average Bonchev–Trinajstić information content (AvgIpc) is 2.68. The maximum atomic E-state index is 12.9. The lowest BCUT2D eigenvalue weighted by Crippen LogP contribution is -2.14. The van der Waals surface area contributed by atoms with Crippen LogP contribution in [0, 0.1) is 19.7 Å². The van der Waals surface area contributed by atoms with Crippen molar-refractivity contribution in [3.63, 3.8) is 0 Å². The second-order valence-electron chi connectivity index (χ2n) is 6.66. The van der Waals surface area contributed by atoms with Crippen LogP contribution in [0.4, 0.5) is 4.39 Å². The lowest BCUT2D eigenvalue weighted by molar-refractivity contribution is -0.144. The molecule has 0 radical (unpaired) electrons. The summed E-state index contributed by atoms with van der Waals surface area (Å²) in [5.41, 5.74) is 2.13. The summed E-state index contributed by atoms with van der Waals surface area (Å²) in [6.45, 7) is 3.54. The van der Waals surface area contributed by atoms with Crippen LogP contribution in [-0.4, -0.2) is 20.1 Å². The Morgan fingerprint density at radius 3 is 2.48 bits per heavy atom. The Labute approximate surface area is 166 Å². The van der Waals surface area contributed by atoms with Gasteiger partial charge in [-0.3, -0.25) is 4.79 Å². The van der Waals surface area contributed by atoms with Crippen molar-refractivity contribution in [1.29, 1.82) is 0 Å². The van der Waals surface area contributed by atoms with Crippen molar-refractivity contribution < 1.29 is 26.8 Å². The van der Waals surface area contributed by atoms with E-state index in [9.17, 15) is 22.4 Å². The number of carbonyl (C=O) groups excluding carboxylic acids is 1. The smallest absolute Gasteiger partial charge is 0.336 e. The quantitative estimate of drug-likeness (QED) is 0.346. The summed E-state index contributed by atoms with van der Waals surface area (Å²) in [5, 5.41) is 0.652. The van der Waals surface area contributed by atoms with E-state index in [1.165, 1.54) is 6.07 Å². The number of ether oxygens (including phenoxy) is 1. The summed E-state index contributed by atoms with van der Waals surface area (Å²) in [4.78, 5) is 23.8. The van der Waals surface area contributed by atoms with E-state index in [-0.39, 0.29) is 17.9 Å². The van der Waals surface area contributed by atoms with Crippen molar-refractivity contribution in [3.8, 4) is 0 Å². The molecule has 3 aromatic rings. The van der Waals surface area contributed by atoms with E-state index < -0.39 is 33.0 Å². The minimum absolute atomic E-state index is 0.0655. The van der Waals surface area contributed by atoms with Crippen molar-refractivity contribution in [3.05, 3.63) is 75.4 Å². The van der Waals surface area contributed by atoms with Crippen LogP contribution in [0.5, 0.6) is 0 Å². The third kappa shape index (κ3) is 4.71. The first-order valence-corrected chi connectivity index (χ1v) is 10.5. The predicted molar refractivity (Wildman–Crippen MR) is 105 cm³/mol. The van der Waals surface area contributed by atoms with Crippen LogP contribution in [-0.2, 0) is 26.0 Å². The van der Waals surface area contributed by atoms with Crippen LogP contribution < -0.4 is 5.63 Å². The SMILES string of the molecule is Cc1ccc2c(COC(=O)CCS(=O)(=O)c3ccc(F)cc3)cc(=O)oc2c1C. The third-order valence-electron chi connectivity index (χ3n) is 4.65. The molecule has 29 heavy (non-hydrogen) atoms. The number of aryl methyl sites for hydroxylation is 2. The molecule has 0 N–H and O–H groups in total. The molecule has 0 saturated heterocycles. The number of benzene rings is 2. The summed E-state index contributed by atoms with van der Waals surface area (Å²) in [5.74, 6) is -1.73. The zero-order valence-corrected chi connectivity index (χ0v) is 16.7. The first kappa shape index (κ1) is 20.7. The van der Waals surface area contributed by atoms with E-state index in [1.54, 1.807) is 6.07 Å². The van der Waals surface area contributed by atoms with Gasteiger partial charge in [0.05, 0.1) is 17.1 Å². The molecule has 2 aromatic carbocycles. The maximum Gasteiger partial charge on any atom is 0.336 e. The molecule has 0 unspecified atom stereocenters. The Morgan fingerprint density at radius 2 is 1.79 bits per heavy atom. The highest BCUT2D eigenvalue weighted by atomic mass is 32.2. The van der Waals surface area contributed by atoms with Crippen LogP contribution in [0.2, 0.25) is 0 Å². The summed E-state index contributed by atoms with van der Waals surface area (Å²) >= 11 is 0. The number of hydrogen-bond donors (Lipinski definition) is 0. The number of rotatable bonds is 6. The first-order chi connectivity index (χ1) is 13.7. The van der Waals surface area contributed by atoms with Gasteiger partial charge in [0.2, 0.25) is 0 Å². The molecule has 0 atom stereocenters. The van der Waals surface area contributed by atoms with Crippen molar-refractivity contribution >= 4 is 26.8 Å². The molecule has 152 valence electrons. The predicted octanol–water partition coefficient (Wildman–Crippen LogP) is 3.46. The normalized spacial score (nSPS) is 11.6. The van der Waals surface area contributed by atoms with Gasteiger partial charge in [-0.2, -0.15) is 0 Å². The standard InChI is InChI=1S/C21H19FO6S/c1-13-3-8-18-15(11-20(24)28-21(18)14(13)2)12-27-19(23)9-10-29(25,26)17-6-4-16(22)5-7-17/h3-8,11H,9-10,12H2,1-2H3. The van der Waals surface area contributed by atoms with Crippen LogP contribution in [0.1, 0.15) is 23.1 Å². The van der Waals surface area contributed by atoms with Crippen molar-refractivity contribution in [1.82, 2.24) is 0 Å². The Morgan fingerprint density at radius 1 is 1.10 bits per heavy atom. The molecule has 0 bridgehead atoms. The molecule has 6 nitrogen and oxygen atoms in total. The van der Waals surface area contributed by atoms with E-state index in [2.05, 4.69) is 0 Å². The molecule has 0 spiro atoms. The molecule has 0 amide bonds. The largest absolute Gasteiger partial charge is 0.461 e. The lowest BCUT2D eigenvalue weighted by Gasteiger charge is -2.10. The highest BCUT2D eigenvalue weighted by Gasteiger charge is 2.18. The second-order valence-corrected chi connectivity index (χ2v) is 8.77. The fourth-order valence-electron chi connectivity index (χ4n) is 2.85. The fourth-order valence-corrected chi connectivity index (χ4v) is 4.07. The monoisotopic (exact) mass is 418 g/mol. The van der Waals surface area contributed by atoms with Gasteiger partial charge in [0, 0.05) is 17.0 Å².